The molecule has 4 heteroatoms. The molecule has 0 spiro atoms. The molecule has 1 saturated carbocycles. The minimum absolute atomic E-state index is 0.0130. The van der Waals surface area contributed by atoms with Gasteiger partial charge in [-0.25, -0.2) is 0 Å². The van der Waals surface area contributed by atoms with Crippen molar-refractivity contribution in [2.45, 2.75) is 51.2 Å². The summed E-state index contributed by atoms with van der Waals surface area (Å²) in [5.41, 5.74) is 3.82. The van der Waals surface area contributed by atoms with Gasteiger partial charge in [-0.15, -0.1) is 0 Å². The van der Waals surface area contributed by atoms with Crippen molar-refractivity contribution in [1.29, 1.82) is 0 Å². The van der Waals surface area contributed by atoms with Crippen LogP contribution in [-0.2, 0) is 24.1 Å². The number of fused-ring (bicyclic) bond motifs is 1. The smallest absolute Gasteiger partial charge is 0.207 e. The third kappa shape index (κ3) is 4.62. The van der Waals surface area contributed by atoms with Crippen molar-refractivity contribution in [2.75, 3.05) is 6.61 Å². The maximum atomic E-state index is 10.6. The summed E-state index contributed by atoms with van der Waals surface area (Å²) in [5.74, 6) is 2.71. The summed E-state index contributed by atoms with van der Waals surface area (Å²) in [4.78, 5) is 10.6. The molecule has 0 aromatic heterocycles. The second-order valence-electron chi connectivity index (χ2n) is 7.77. The second kappa shape index (κ2) is 8.03. The number of aryl methyl sites for hydroxylation is 2. The first kappa shape index (κ1) is 17.9. The summed E-state index contributed by atoms with van der Waals surface area (Å²) in [7, 11) is 0. The van der Waals surface area contributed by atoms with Gasteiger partial charge in [-0.1, -0.05) is 24.3 Å². The molecule has 1 aliphatic carbocycles. The van der Waals surface area contributed by atoms with Crippen LogP contribution in [-0.4, -0.2) is 25.2 Å². The first-order valence-electron chi connectivity index (χ1n) is 9.91. The van der Waals surface area contributed by atoms with Crippen LogP contribution >= 0.6 is 0 Å². The number of carbonyl (C=O) groups excluding carboxylic acids is 1. The lowest BCUT2D eigenvalue weighted by Crippen LogP contribution is -2.39. The van der Waals surface area contributed by atoms with E-state index in [0.717, 1.165) is 49.7 Å². The Morgan fingerprint density at radius 2 is 1.89 bits per heavy atom. The lowest BCUT2D eigenvalue weighted by molar-refractivity contribution is -0.110. The fourth-order valence-corrected chi connectivity index (χ4v) is 3.49. The summed E-state index contributed by atoms with van der Waals surface area (Å²) < 4.78 is 11.8. The lowest BCUT2D eigenvalue weighted by atomic mass is 10.0. The fourth-order valence-electron chi connectivity index (χ4n) is 3.49. The van der Waals surface area contributed by atoms with E-state index in [1.165, 1.54) is 29.5 Å². The van der Waals surface area contributed by atoms with Gasteiger partial charge in [0.2, 0.25) is 6.41 Å². The van der Waals surface area contributed by atoms with Gasteiger partial charge in [-0.05, 0) is 73.4 Å². The maximum absolute atomic E-state index is 10.6. The number of ether oxygens (including phenoxy) is 2. The van der Waals surface area contributed by atoms with E-state index in [-0.39, 0.29) is 12.1 Å². The maximum Gasteiger partial charge on any atom is 0.207 e. The molecule has 1 heterocycles. The minimum atomic E-state index is 0.0130. The van der Waals surface area contributed by atoms with Crippen LogP contribution in [0.4, 0.5) is 0 Å². The van der Waals surface area contributed by atoms with Crippen LogP contribution in [0.2, 0.25) is 0 Å². The van der Waals surface area contributed by atoms with E-state index >= 15 is 0 Å². The van der Waals surface area contributed by atoms with Crippen molar-refractivity contribution in [3.05, 3.63) is 59.2 Å². The van der Waals surface area contributed by atoms with Crippen LogP contribution in [0, 0.1) is 5.92 Å². The van der Waals surface area contributed by atoms with E-state index < -0.39 is 0 Å². The highest BCUT2D eigenvalue weighted by Gasteiger charge is 2.27. The van der Waals surface area contributed by atoms with Crippen LogP contribution in [0.15, 0.2) is 42.5 Å². The number of amides is 1. The van der Waals surface area contributed by atoms with Crippen LogP contribution in [0.1, 0.15) is 36.5 Å². The molecule has 2 atom stereocenters. The van der Waals surface area contributed by atoms with Crippen LogP contribution in [0.3, 0.4) is 0 Å². The molecule has 1 amide bonds. The Labute approximate surface area is 160 Å². The molecule has 2 aromatic rings. The largest absolute Gasteiger partial charge is 0.493 e. The van der Waals surface area contributed by atoms with E-state index in [4.69, 9.17) is 9.47 Å². The van der Waals surface area contributed by atoms with E-state index in [2.05, 4.69) is 47.8 Å². The third-order valence-electron chi connectivity index (χ3n) is 5.53. The normalized spacial score (nSPS) is 19.1. The van der Waals surface area contributed by atoms with Gasteiger partial charge in [-0.2, -0.15) is 0 Å². The Bertz CT molecular complexity index is 783. The highest BCUT2D eigenvalue weighted by Crippen LogP contribution is 2.32. The Balaban J connectivity index is 1.30. The van der Waals surface area contributed by atoms with Crippen LogP contribution in [0.5, 0.6) is 11.5 Å². The Morgan fingerprint density at radius 1 is 1.15 bits per heavy atom. The van der Waals surface area contributed by atoms with Gasteiger partial charge in [0.05, 0.1) is 12.6 Å². The summed E-state index contributed by atoms with van der Waals surface area (Å²) in [5, 5.41) is 2.79. The monoisotopic (exact) mass is 365 g/mol. The Hall–Kier alpha value is -2.49. The molecule has 4 rings (SSSR count). The molecular formula is C23H27NO3. The number of hydrogen-bond donors (Lipinski definition) is 1. The zero-order valence-electron chi connectivity index (χ0n) is 15.8. The zero-order chi connectivity index (χ0) is 18.6. The molecule has 0 radical (unpaired) electrons. The van der Waals surface area contributed by atoms with Gasteiger partial charge in [-0.3, -0.25) is 4.79 Å². The molecule has 142 valence electrons. The van der Waals surface area contributed by atoms with Crippen molar-refractivity contribution in [3.8, 4) is 11.5 Å². The molecule has 0 bridgehead atoms. The molecule has 2 aromatic carbocycles. The summed E-state index contributed by atoms with van der Waals surface area (Å²) in [6.07, 6.45) is 6.21. The van der Waals surface area contributed by atoms with Crippen LogP contribution in [0.25, 0.3) is 0 Å². The number of nitrogens with one attached hydrogen (secondary N) is 1. The van der Waals surface area contributed by atoms with E-state index in [0.29, 0.717) is 0 Å². The number of carbonyl (C=O) groups is 1. The fraction of sp³-hybridized carbons (Fsp3) is 0.435. The lowest BCUT2D eigenvalue weighted by Gasteiger charge is -2.17. The third-order valence-corrected chi connectivity index (χ3v) is 5.53. The summed E-state index contributed by atoms with van der Waals surface area (Å²) >= 11 is 0. The quantitative estimate of drug-likeness (QED) is 0.689. The van der Waals surface area contributed by atoms with Gasteiger partial charge >= 0.3 is 0 Å². The summed E-state index contributed by atoms with van der Waals surface area (Å²) in [6, 6.07) is 15.0. The average Bonchev–Trinajstić information content (AvgIpc) is 3.42. The highest BCUT2D eigenvalue weighted by atomic mass is 16.5. The molecule has 1 N–H and O–H groups in total. The molecule has 0 saturated heterocycles. The molecular weight excluding hydrogens is 338 g/mol. The predicted octanol–water partition coefficient (Wildman–Crippen LogP) is 3.70. The molecule has 1 fully saturated rings. The van der Waals surface area contributed by atoms with Crippen molar-refractivity contribution in [3.63, 3.8) is 0 Å². The number of benzene rings is 2. The first-order valence-corrected chi connectivity index (χ1v) is 9.91. The van der Waals surface area contributed by atoms with Gasteiger partial charge in [0.25, 0.3) is 0 Å². The van der Waals surface area contributed by atoms with E-state index in [1.807, 2.05) is 6.92 Å². The second-order valence-corrected chi connectivity index (χ2v) is 7.77. The van der Waals surface area contributed by atoms with Crippen molar-refractivity contribution < 1.29 is 14.3 Å². The molecule has 2 aliphatic rings. The van der Waals surface area contributed by atoms with Gasteiger partial charge < -0.3 is 14.8 Å². The number of rotatable bonds is 9. The van der Waals surface area contributed by atoms with E-state index in [9.17, 15) is 4.79 Å². The molecule has 27 heavy (non-hydrogen) atoms. The summed E-state index contributed by atoms with van der Waals surface area (Å²) in [6.45, 7) is 2.83. The molecule has 0 unspecified atom stereocenters. The number of hydrogen-bond acceptors (Lipinski definition) is 3. The topological polar surface area (TPSA) is 47.6 Å². The Kier molecular flexibility index (Phi) is 5.33. The van der Waals surface area contributed by atoms with Gasteiger partial charge in [0.1, 0.15) is 17.6 Å². The first-order chi connectivity index (χ1) is 13.2. The zero-order valence-corrected chi connectivity index (χ0v) is 15.8. The average molecular weight is 365 g/mol. The molecule has 1 aliphatic heterocycles. The van der Waals surface area contributed by atoms with E-state index in [1.54, 1.807) is 0 Å². The van der Waals surface area contributed by atoms with Gasteiger partial charge in [0, 0.05) is 6.42 Å². The van der Waals surface area contributed by atoms with Crippen molar-refractivity contribution in [1.82, 2.24) is 5.32 Å². The standard InChI is InChI=1S/C23H27NO3/c1-16(24-15-25)22-13-20-9-6-18(12-23(20)27-22)3-2-17-7-10-21(11-8-17)26-14-19-4-5-19/h6-12,15-16,19,22H,2-5,13-14H2,1H3,(H,24,25)/t16-,22-/m0/s1. The molecule has 4 nitrogen and oxygen atoms in total. The Morgan fingerprint density at radius 3 is 2.63 bits per heavy atom. The predicted molar refractivity (Wildman–Crippen MR) is 105 cm³/mol. The SMILES string of the molecule is C[C@H](NC=O)[C@@H]1Cc2ccc(CCc3ccc(OCC4CC4)cc3)cc2O1. The van der Waals surface area contributed by atoms with Crippen molar-refractivity contribution >= 4 is 6.41 Å². The van der Waals surface area contributed by atoms with Crippen molar-refractivity contribution in [2.24, 2.45) is 5.92 Å². The van der Waals surface area contributed by atoms with Gasteiger partial charge in [0.15, 0.2) is 0 Å². The highest BCUT2D eigenvalue weighted by molar-refractivity contribution is 5.47. The minimum Gasteiger partial charge on any atom is -0.493 e. The van der Waals surface area contributed by atoms with Crippen LogP contribution < -0.4 is 14.8 Å².